The van der Waals surface area contributed by atoms with E-state index in [1.807, 2.05) is 89.5 Å². The number of halogens is 1. The fourth-order valence-corrected chi connectivity index (χ4v) is 3.49. The van der Waals surface area contributed by atoms with Gasteiger partial charge in [0.2, 0.25) is 0 Å². The van der Waals surface area contributed by atoms with E-state index in [-0.39, 0.29) is 0 Å². The topological polar surface area (TPSA) is 51.7 Å². The van der Waals surface area contributed by atoms with Crippen molar-refractivity contribution in [2.75, 3.05) is 12.4 Å². The molecule has 30 heavy (non-hydrogen) atoms. The Balaban J connectivity index is 1.59. The van der Waals surface area contributed by atoms with Gasteiger partial charge in [-0.15, -0.1) is 0 Å². The molecule has 0 unspecified atom stereocenters. The van der Waals surface area contributed by atoms with Gasteiger partial charge in [0, 0.05) is 28.5 Å². The molecule has 0 fully saturated rings. The number of nitrogens with one attached hydrogen (secondary N) is 1. The van der Waals surface area contributed by atoms with Crippen molar-refractivity contribution in [1.82, 2.24) is 9.38 Å². The summed E-state index contributed by atoms with van der Waals surface area (Å²) in [4.78, 5) is 4.80. The summed E-state index contributed by atoms with van der Waals surface area (Å²) in [6.45, 7) is 0. The third-order valence-electron chi connectivity index (χ3n) is 4.83. The molecule has 0 aliphatic carbocycles. The Hall–Kier alpha value is -3.70. The SMILES string of the molecule is COc1cccc(Nc2c(-c3ccc(-c4ccc(Cl)cc4)o3)nc3ccccn23)c1. The zero-order valence-corrected chi connectivity index (χ0v) is 16.9. The third-order valence-corrected chi connectivity index (χ3v) is 5.08. The molecule has 6 heteroatoms. The predicted octanol–water partition coefficient (Wildman–Crippen LogP) is 6.67. The summed E-state index contributed by atoms with van der Waals surface area (Å²) in [5, 5.41) is 4.16. The number of hydrogen-bond acceptors (Lipinski definition) is 4. The minimum Gasteiger partial charge on any atom is -0.497 e. The number of pyridine rings is 1. The second-order valence-electron chi connectivity index (χ2n) is 6.77. The van der Waals surface area contributed by atoms with Crippen molar-refractivity contribution in [3.63, 3.8) is 0 Å². The average molecular weight is 416 g/mol. The van der Waals surface area contributed by atoms with Crippen LogP contribution in [-0.4, -0.2) is 16.5 Å². The zero-order valence-electron chi connectivity index (χ0n) is 16.2. The summed E-state index contributed by atoms with van der Waals surface area (Å²) in [5.41, 5.74) is 3.40. The van der Waals surface area contributed by atoms with Gasteiger partial charge in [0.05, 0.1) is 7.11 Å². The van der Waals surface area contributed by atoms with E-state index >= 15 is 0 Å². The van der Waals surface area contributed by atoms with Gasteiger partial charge in [-0.1, -0.05) is 23.7 Å². The van der Waals surface area contributed by atoms with Crippen molar-refractivity contribution >= 4 is 28.8 Å². The smallest absolute Gasteiger partial charge is 0.157 e. The normalized spacial score (nSPS) is 11.0. The highest BCUT2D eigenvalue weighted by Crippen LogP contribution is 2.35. The van der Waals surface area contributed by atoms with E-state index in [1.54, 1.807) is 7.11 Å². The maximum absolute atomic E-state index is 6.16. The molecule has 0 aliphatic heterocycles. The van der Waals surface area contributed by atoms with Crippen LogP contribution < -0.4 is 10.1 Å². The molecule has 1 N–H and O–H groups in total. The molecule has 2 aromatic carbocycles. The fourth-order valence-electron chi connectivity index (χ4n) is 3.36. The molecule has 0 atom stereocenters. The van der Waals surface area contributed by atoms with Gasteiger partial charge in [-0.3, -0.25) is 4.40 Å². The van der Waals surface area contributed by atoms with Crippen LogP contribution in [0.5, 0.6) is 5.75 Å². The maximum atomic E-state index is 6.16. The summed E-state index contributed by atoms with van der Waals surface area (Å²) in [7, 11) is 1.65. The molecule has 3 heterocycles. The van der Waals surface area contributed by atoms with E-state index < -0.39 is 0 Å². The number of rotatable bonds is 5. The van der Waals surface area contributed by atoms with Crippen LogP contribution in [-0.2, 0) is 0 Å². The Bertz CT molecular complexity index is 1320. The van der Waals surface area contributed by atoms with Crippen LogP contribution in [0.3, 0.4) is 0 Å². The molecule has 0 spiro atoms. The Kier molecular flexibility index (Phi) is 4.65. The number of furan rings is 1. The Morgan fingerprint density at radius 1 is 0.933 bits per heavy atom. The van der Waals surface area contributed by atoms with Crippen molar-refractivity contribution in [1.29, 1.82) is 0 Å². The first-order valence-electron chi connectivity index (χ1n) is 9.45. The quantitative estimate of drug-likeness (QED) is 0.348. The molecular weight excluding hydrogens is 398 g/mol. The van der Waals surface area contributed by atoms with Gasteiger partial charge < -0.3 is 14.5 Å². The molecule has 3 aromatic heterocycles. The van der Waals surface area contributed by atoms with E-state index in [0.29, 0.717) is 10.8 Å². The van der Waals surface area contributed by atoms with Gasteiger partial charge in [0.25, 0.3) is 0 Å². The standard InChI is InChI=1S/C24H18ClN3O2/c1-29-19-6-4-5-18(15-19)26-24-23(27-22-7-2-3-14-28(22)24)21-13-12-20(30-21)16-8-10-17(25)11-9-16/h2-15,26H,1H3. The Morgan fingerprint density at radius 3 is 2.60 bits per heavy atom. The number of nitrogens with zero attached hydrogens (tertiary/aromatic N) is 2. The van der Waals surface area contributed by atoms with E-state index in [2.05, 4.69) is 5.32 Å². The minimum atomic E-state index is 0.675. The summed E-state index contributed by atoms with van der Waals surface area (Å²) in [6, 6.07) is 25.1. The molecule has 0 bridgehead atoms. The van der Waals surface area contributed by atoms with Crippen LogP contribution >= 0.6 is 11.6 Å². The average Bonchev–Trinajstić information content (AvgIpc) is 3.40. The molecule has 0 saturated carbocycles. The number of methoxy groups -OCH3 is 1. The number of imidazole rings is 1. The number of fused-ring (bicyclic) bond motifs is 1. The highest BCUT2D eigenvalue weighted by Gasteiger charge is 2.18. The molecule has 0 aliphatic rings. The third kappa shape index (κ3) is 3.40. The van der Waals surface area contributed by atoms with Crippen LogP contribution in [0.2, 0.25) is 5.02 Å². The molecule has 5 rings (SSSR count). The van der Waals surface area contributed by atoms with Gasteiger partial charge in [-0.25, -0.2) is 4.98 Å². The van der Waals surface area contributed by atoms with Crippen LogP contribution in [0.4, 0.5) is 11.5 Å². The molecule has 5 aromatic rings. The minimum absolute atomic E-state index is 0.675. The molecule has 0 amide bonds. The second-order valence-corrected chi connectivity index (χ2v) is 7.20. The molecule has 0 radical (unpaired) electrons. The zero-order chi connectivity index (χ0) is 20.5. The predicted molar refractivity (Wildman–Crippen MR) is 120 cm³/mol. The fraction of sp³-hybridized carbons (Fsp3) is 0.0417. The van der Waals surface area contributed by atoms with E-state index in [0.717, 1.165) is 39.9 Å². The highest BCUT2D eigenvalue weighted by atomic mass is 35.5. The number of anilines is 2. The Morgan fingerprint density at radius 2 is 1.77 bits per heavy atom. The van der Waals surface area contributed by atoms with Crippen LogP contribution in [0.1, 0.15) is 0 Å². The van der Waals surface area contributed by atoms with Gasteiger partial charge in [-0.2, -0.15) is 0 Å². The van der Waals surface area contributed by atoms with E-state index in [9.17, 15) is 0 Å². The molecule has 148 valence electrons. The van der Waals surface area contributed by atoms with Crippen LogP contribution in [0, 0.1) is 0 Å². The van der Waals surface area contributed by atoms with Crippen molar-refractivity contribution in [2.45, 2.75) is 0 Å². The molecular formula is C24H18ClN3O2. The lowest BCUT2D eigenvalue weighted by Crippen LogP contribution is -1.97. The summed E-state index contributed by atoms with van der Waals surface area (Å²) in [6.07, 6.45) is 1.97. The van der Waals surface area contributed by atoms with E-state index in [4.69, 9.17) is 25.7 Å². The largest absolute Gasteiger partial charge is 0.497 e. The van der Waals surface area contributed by atoms with Gasteiger partial charge in [0.15, 0.2) is 5.76 Å². The van der Waals surface area contributed by atoms with Crippen LogP contribution in [0.25, 0.3) is 28.4 Å². The van der Waals surface area contributed by atoms with Crippen molar-refractivity contribution in [3.8, 4) is 28.5 Å². The molecule has 0 saturated heterocycles. The first-order valence-corrected chi connectivity index (χ1v) is 9.83. The lowest BCUT2D eigenvalue weighted by atomic mass is 10.2. The first kappa shape index (κ1) is 18.3. The first-order chi connectivity index (χ1) is 14.7. The number of benzene rings is 2. The lowest BCUT2D eigenvalue weighted by Gasteiger charge is -2.09. The number of aromatic nitrogens is 2. The Labute approximate surface area is 178 Å². The van der Waals surface area contributed by atoms with Gasteiger partial charge >= 0.3 is 0 Å². The summed E-state index contributed by atoms with van der Waals surface area (Å²) in [5.74, 6) is 3.02. The molecule has 5 nitrogen and oxygen atoms in total. The van der Waals surface area contributed by atoms with Crippen LogP contribution in [0.15, 0.2) is 89.5 Å². The van der Waals surface area contributed by atoms with Crippen molar-refractivity contribution in [2.24, 2.45) is 0 Å². The maximum Gasteiger partial charge on any atom is 0.157 e. The monoisotopic (exact) mass is 415 g/mol. The summed E-state index contributed by atoms with van der Waals surface area (Å²) >= 11 is 6.00. The van der Waals surface area contributed by atoms with Crippen molar-refractivity contribution < 1.29 is 9.15 Å². The van der Waals surface area contributed by atoms with Gasteiger partial charge in [0.1, 0.15) is 28.7 Å². The van der Waals surface area contributed by atoms with E-state index in [1.165, 1.54) is 0 Å². The van der Waals surface area contributed by atoms with Gasteiger partial charge in [-0.05, 0) is 60.7 Å². The highest BCUT2D eigenvalue weighted by molar-refractivity contribution is 6.30. The summed E-state index contributed by atoms with van der Waals surface area (Å²) < 4.78 is 13.5. The number of hydrogen-bond donors (Lipinski definition) is 1. The van der Waals surface area contributed by atoms with Crippen molar-refractivity contribution in [3.05, 3.63) is 90.1 Å². The number of ether oxygens (including phenoxy) is 1. The lowest BCUT2D eigenvalue weighted by molar-refractivity contribution is 0.415. The second kappa shape index (κ2) is 7.61.